The maximum atomic E-state index is 5.40. The third-order valence-electron chi connectivity index (χ3n) is 3.41. The summed E-state index contributed by atoms with van der Waals surface area (Å²) < 4.78 is 21.5. The molecule has 0 aromatic heterocycles. The van der Waals surface area contributed by atoms with E-state index in [9.17, 15) is 0 Å². The van der Waals surface area contributed by atoms with Gasteiger partial charge in [0.1, 0.15) is 0 Å². The smallest absolute Gasteiger partial charge is 0.500 e. The van der Waals surface area contributed by atoms with Gasteiger partial charge < -0.3 is 18.0 Å². The first kappa shape index (κ1) is 19.6. The van der Waals surface area contributed by atoms with Gasteiger partial charge in [-0.15, -0.1) is 0 Å². The zero-order valence-electron chi connectivity index (χ0n) is 13.7. The maximum Gasteiger partial charge on any atom is 0.500 e. The predicted octanol–water partition coefficient (Wildman–Crippen LogP) is 4.15. The number of hydrogen-bond acceptors (Lipinski definition) is 4. The summed E-state index contributed by atoms with van der Waals surface area (Å²) in [6, 6.07) is 0.910. The Kier molecular flexibility index (Phi) is 13.4. The van der Waals surface area contributed by atoms with Crippen molar-refractivity contribution in [1.29, 1.82) is 0 Å². The van der Waals surface area contributed by atoms with Crippen LogP contribution in [0.15, 0.2) is 12.3 Å². The molecule has 0 amide bonds. The van der Waals surface area contributed by atoms with E-state index >= 15 is 0 Å². The van der Waals surface area contributed by atoms with Gasteiger partial charge in [-0.3, -0.25) is 0 Å². The van der Waals surface area contributed by atoms with E-state index in [1.165, 1.54) is 32.1 Å². The van der Waals surface area contributed by atoms with Crippen LogP contribution in [0.4, 0.5) is 0 Å². The van der Waals surface area contributed by atoms with Crippen molar-refractivity contribution in [2.75, 3.05) is 27.9 Å². The minimum Gasteiger partial charge on any atom is -0.502 e. The van der Waals surface area contributed by atoms with E-state index in [2.05, 4.69) is 0 Å². The van der Waals surface area contributed by atoms with Gasteiger partial charge in [-0.05, 0) is 19.8 Å². The van der Waals surface area contributed by atoms with Crippen LogP contribution in [0, 0.1) is 0 Å². The molecular weight excluding hydrogens is 272 g/mol. The van der Waals surface area contributed by atoms with Crippen molar-refractivity contribution in [2.45, 2.75) is 57.9 Å². The van der Waals surface area contributed by atoms with Gasteiger partial charge >= 0.3 is 8.80 Å². The molecule has 0 aromatic carbocycles. The average molecular weight is 305 g/mol. The van der Waals surface area contributed by atoms with Gasteiger partial charge in [-0.1, -0.05) is 38.2 Å². The molecule has 0 heterocycles. The quantitative estimate of drug-likeness (QED) is 0.274. The Labute approximate surface area is 125 Å². The van der Waals surface area contributed by atoms with Gasteiger partial charge in [0.05, 0.1) is 12.9 Å². The Morgan fingerprint density at radius 1 is 0.750 bits per heavy atom. The second kappa shape index (κ2) is 13.6. The van der Waals surface area contributed by atoms with Gasteiger partial charge in [0, 0.05) is 27.4 Å². The Morgan fingerprint density at radius 3 is 1.75 bits per heavy atom. The van der Waals surface area contributed by atoms with Crippen molar-refractivity contribution < 1.29 is 18.0 Å². The zero-order valence-corrected chi connectivity index (χ0v) is 14.7. The average Bonchev–Trinajstić information content (AvgIpc) is 2.49. The number of allylic oxidation sites excluding steroid dienone is 1. The second-order valence-corrected chi connectivity index (χ2v) is 7.95. The number of hydrogen-bond donors (Lipinski definition) is 0. The van der Waals surface area contributed by atoms with Gasteiger partial charge in [0.2, 0.25) is 0 Å². The van der Waals surface area contributed by atoms with Gasteiger partial charge in [-0.25, -0.2) is 0 Å². The molecule has 0 unspecified atom stereocenters. The summed E-state index contributed by atoms with van der Waals surface area (Å²) in [6.45, 7) is 2.81. The molecule has 0 fully saturated rings. The molecule has 0 aliphatic rings. The second-order valence-electron chi connectivity index (χ2n) is 4.86. The van der Waals surface area contributed by atoms with E-state index in [1.807, 2.05) is 13.0 Å². The first-order valence-corrected chi connectivity index (χ1v) is 9.56. The van der Waals surface area contributed by atoms with E-state index in [0.717, 1.165) is 25.5 Å². The lowest BCUT2D eigenvalue weighted by molar-refractivity contribution is 0.122. The molecule has 0 aliphatic heterocycles. The lowest BCUT2D eigenvalue weighted by Gasteiger charge is -2.24. The highest BCUT2D eigenvalue weighted by Crippen LogP contribution is 2.18. The van der Waals surface area contributed by atoms with Crippen LogP contribution in [-0.4, -0.2) is 36.7 Å². The molecule has 0 aromatic rings. The van der Waals surface area contributed by atoms with Crippen LogP contribution in [0.2, 0.25) is 6.04 Å². The summed E-state index contributed by atoms with van der Waals surface area (Å²) in [7, 11) is 2.69. The van der Waals surface area contributed by atoms with Crippen LogP contribution < -0.4 is 0 Å². The summed E-state index contributed by atoms with van der Waals surface area (Å²) in [5.74, 6) is 0. The first-order chi connectivity index (χ1) is 9.74. The highest BCUT2D eigenvalue weighted by atomic mass is 28.4. The lowest BCUT2D eigenvalue weighted by atomic mass is 10.1. The summed E-state index contributed by atoms with van der Waals surface area (Å²) in [5, 5.41) is 0. The van der Waals surface area contributed by atoms with Crippen molar-refractivity contribution in [1.82, 2.24) is 0 Å². The first-order valence-electron chi connectivity index (χ1n) is 7.63. The molecule has 0 rings (SSSR count). The molecule has 0 bridgehead atoms. The molecule has 0 saturated heterocycles. The predicted molar refractivity (Wildman–Crippen MR) is 84.7 cm³/mol. The third kappa shape index (κ3) is 9.53. The number of rotatable bonds is 14. The minimum absolute atomic E-state index is 0.841. The number of ether oxygens (including phenoxy) is 1. The molecule has 0 spiro atoms. The van der Waals surface area contributed by atoms with E-state index in [-0.39, 0.29) is 0 Å². The van der Waals surface area contributed by atoms with Crippen molar-refractivity contribution in [3.05, 3.63) is 12.3 Å². The summed E-state index contributed by atoms with van der Waals surface area (Å²) in [5.41, 5.74) is 0. The zero-order chi connectivity index (χ0) is 15.1. The van der Waals surface area contributed by atoms with Crippen LogP contribution in [0.25, 0.3) is 0 Å². The van der Waals surface area contributed by atoms with Crippen molar-refractivity contribution in [3.8, 4) is 0 Å². The number of unbranched alkanes of at least 4 members (excludes halogenated alkanes) is 6. The lowest BCUT2D eigenvalue weighted by Crippen LogP contribution is -2.42. The highest BCUT2D eigenvalue weighted by molar-refractivity contribution is 6.60. The standard InChI is InChI=1S/C15H32O4Si/c1-5-13-19-14-11-9-7-6-8-10-12-15-20(16-2,17-3)18-4/h5,13H,6-12,14-15H2,1-4H3. The van der Waals surface area contributed by atoms with E-state index in [1.54, 1.807) is 27.6 Å². The summed E-state index contributed by atoms with van der Waals surface area (Å²) in [6.07, 6.45) is 12.3. The highest BCUT2D eigenvalue weighted by Gasteiger charge is 2.36. The molecule has 120 valence electrons. The third-order valence-corrected chi connectivity index (χ3v) is 6.24. The van der Waals surface area contributed by atoms with Gasteiger partial charge in [0.15, 0.2) is 0 Å². The molecular formula is C15H32O4Si. The Bertz CT molecular complexity index is 222. The van der Waals surface area contributed by atoms with Crippen LogP contribution in [0.3, 0.4) is 0 Å². The maximum absolute atomic E-state index is 5.40. The molecule has 0 saturated carbocycles. The fourth-order valence-corrected chi connectivity index (χ4v) is 3.93. The largest absolute Gasteiger partial charge is 0.502 e. The molecule has 0 aliphatic carbocycles. The fourth-order valence-electron chi connectivity index (χ4n) is 2.13. The normalized spacial score (nSPS) is 12.2. The molecule has 0 radical (unpaired) electrons. The molecule has 20 heavy (non-hydrogen) atoms. The monoisotopic (exact) mass is 304 g/mol. The fraction of sp³-hybridized carbons (Fsp3) is 0.867. The molecule has 5 heteroatoms. The van der Waals surface area contributed by atoms with E-state index < -0.39 is 8.80 Å². The van der Waals surface area contributed by atoms with Crippen LogP contribution in [-0.2, 0) is 18.0 Å². The summed E-state index contributed by atoms with van der Waals surface area (Å²) >= 11 is 0. The van der Waals surface area contributed by atoms with Crippen LogP contribution in [0.5, 0.6) is 0 Å². The van der Waals surface area contributed by atoms with E-state index in [4.69, 9.17) is 18.0 Å². The van der Waals surface area contributed by atoms with Gasteiger partial charge in [0.25, 0.3) is 0 Å². The topological polar surface area (TPSA) is 36.9 Å². The molecule has 4 nitrogen and oxygen atoms in total. The Hall–Kier alpha value is -0.363. The molecule has 0 atom stereocenters. The van der Waals surface area contributed by atoms with Crippen molar-refractivity contribution in [2.24, 2.45) is 0 Å². The van der Waals surface area contributed by atoms with Gasteiger partial charge in [-0.2, -0.15) is 0 Å². The Morgan fingerprint density at radius 2 is 1.25 bits per heavy atom. The molecule has 0 N–H and O–H groups in total. The van der Waals surface area contributed by atoms with Crippen molar-refractivity contribution in [3.63, 3.8) is 0 Å². The SMILES string of the molecule is CC=COCCCCCCCCC[Si](OC)(OC)OC. The van der Waals surface area contributed by atoms with Crippen molar-refractivity contribution >= 4 is 8.80 Å². The Balaban J connectivity index is 3.36. The minimum atomic E-state index is -2.33. The van der Waals surface area contributed by atoms with E-state index in [0.29, 0.717) is 0 Å². The summed E-state index contributed by atoms with van der Waals surface area (Å²) in [4.78, 5) is 0. The van der Waals surface area contributed by atoms with Crippen LogP contribution in [0.1, 0.15) is 51.9 Å². The van der Waals surface area contributed by atoms with Crippen LogP contribution >= 0.6 is 0 Å².